The Kier molecular flexibility index (Phi) is 8.98. The molecule has 28 heavy (non-hydrogen) atoms. The number of carbonyl (C=O) groups excluding carboxylic acids is 3. The van der Waals surface area contributed by atoms with Crippen LogP contribution in [0.3, 0.4) is 0 Å². The van der Waals surface area contributed by atoms with Crippen molar-refractivity contribution in [2.24, 2.45) is 0 Å². The average Bonchev–Trinajstić information content (AvgIpc) is 2.73. The van der Waals surface area contributed by atoms with Crippen LogP contribution < -0.4 is 10.6 Å². The van der Waals surface area contributed by atoms with Gasteiger partial charge in [-0.3, -0.25) is 4.79 Å². The van der Waals surface area contributed by atoms with Crippen LogP contribution in [0.5, 0.6) is 0 Å². The molecule has 0 aromatic heterocycles. The first-order valence-corrected chi connectivity index (χ1v) is 9.70. The predicted molar refractivity (Wildman–Crippen MR) is 108 cm³/mol. The summed E-state index contributed by atoms with van der Waals surface area (Å²) in [7, 11) is 0. The van der Waals surface area contributed by atoms with Gasteiger partial charge < -0.3 is 20.2 Å². The quantitative estimate of drug-likeness (QED) is 0.605. The molecule has 1 aliphatic rings. The molecule has 1 aromatic rings. The minimum Gasteiger partial charge on any atom is -0.445 e. The summed E-state index contributed by atoms with van der Waals surface area (Å²) in [6.45, 7) is 2.05. The molecule has 150 valence electrons. The zero-order chi connectivity index (χ0) is 20.2. The van der Waals surface area contributed by atoms with Crippen molar-refractivity contribution in [1.82, 2.24) is 10.6 Å². The van der Waals surface area contributed by atoms with E-state index in [-0.39, 0.29) is 12.5 Å². The van der Waals surface area contributed by atoms with Gasteiger partial charge in [0.1, 0.15) is 18.9 Å². The lowest BCUT2D eigenvalue weighted by molar-refractivity contribution is -0.125. The molecular formula is C22H28N2O4. The molecule has 0 spiro atoms. The van der Waals surface area contributed by atoms with E-state index in [1.54, 1.807) is 0 Å². The number of ether oxygens (including phenoxy) is 1. The molecule has 2 amide bonds. The molecule has 0 fully saturated rings. The first kappa shape index (κ1) is 21.4. The molecule has 0 radical (unpaired) electrons. The van der Waals surface area contributed by atoms with Gasteiger partial charge >= 0.3 is 6.09 Å². The third-order valence-corrected chi connectivity index (χ3v) is 4.42. The average molecular weight is 384 g/mol. The number of hydrogen-bond donors (Lipinski definition) is 2. The summed E-state index contributed by atoms with van der Waals surface area (Å²) in [6, 6.07) is 7.95. The van der Waals surface area contributed by atoms with E-state index in [1.807, 2.05) is 43.3 Å². The number of amides is 2. The molecule has 6 nitrogen and oxygen atoms in total. The summed E-state index contributed by atoms with van der Waals surface area (Å²) < 4.78 is 5.19. The molecule has 0 aliphatic heterocycles. The van der Waals surface area contributed by atoms with E-state index in [4.69, 9.17) is 4.74 Å². The number of carbonyl (C=O) groups is 3. The molecule has 2 atom stereocenters. The van der Waals surface area contributed by atoms with Crippen molar-refractivity contribution < 1.29 is 19.1 Å². The van der Waals surface area contributed by atoms with Crippen molar-refractivity contribution in [1.29, 1.82) is 0 Å². The van der Waals surface area contributed by atoms with Crippen molar-refractivity contribution in [2.45, 2.75) is 57.7 Å². The molecule has 0 saturated carbocycles. The van der Waals surface area contributed by atoms with E-state index in [0.717, 1.165) is 30.3 Å². The Hall–Kier alpha value is -2.89. The summed E-state index contributed by atoms with van der Waals surface area (Å²) in [5.41, 5.74) is 1.90. The first-order valence-electron chi connectivity index (χ1n) is 9.70. The van der Waals surface area contributed by atoms with Crippen LogP contribution in [-0.4, -0.2) is 30.4 Å². The molecule has 0 saturated heterocycles. The van der Waals surface area contributed by atoms with Gasteiger partial charge in [0.25, 0.3) is 0 Å². The fourth-order valence-corrected chi connectivity index (χ4v) is 2.95. The summed E-state index contributed by atoms with van der Waals surface area (Å²) in [6.07, 6.45) is 9.74. The molecular weight excluding hydrogens is 356 g/mol. The van der Waals surface area contributed by atoms with Crippen LogP contribution in [0.15, 0.2) is 54.1 Å². The number of hydrogen-bond acceptors (Lipinski definition) is 4. The minimum absolute atomic E-state index is 0.130. The van der Waals surface area contributed by atoms with Crippen molar-refractivity contribution in [3.63, 3.8) is 0 Å². The SMILES string of the molecule is CCC[C@H](NC(=O)OCc1ccccc1)C(=O)N[C@@H](C=O)CC1=CCCC=C1. The lowest BCUT2D eigenvalue weighted by Crippen LogP contribution is -2.50. The van der Waals surface area contributed by atoms with E-state index in [1.165, 1.54) is 0 Å². The largest absolute Gasteiger partial charge is 0.445 e. The smallest absolute Gasteiger partial charge is 0.408 e. The maximum absolute atomic E-state index is 12.6. The number of alkyl carbamates (subject to hydrolysis) is 1. The van der Waals surface area contributed by atoms with Crippen molar-refractivity contribution in [3.8, 4) is 0 Å². The fourth-order valence-electron chi connectivity index (χ4n) is 2.95. The fraction of sp³-hybridized carbons (Fsp3) is 0.409. The standard InChI is InChI=1S/C22H28N2O4/c1-2-9-20(24-22(27)28-16-18-12-7-4-8-13-18)21(26)23-19(15-25)14-17-10-5-3-6-11-17/h4-5,7-8,10-13,15,19-20H,2-3,6,9,14,16H2,1H3,(H,23,26)(H,24,27)/t19-,20+/m1/s1. The normalized spacial score (nSPS) is 15.1. The highest BCUT2D eigenvalue weighted by Crippen LogP contribution is 2.14. The van der Waals surface area contributed by atoms with Gasteiger partial charge in [-0.1, -0.05) is 61.9 Å². The molecule has 0 unspecified atom stereocenters. The zero-order valence-corrected chi connectivity index (χ0v) is 16.2. The number of allylic oxidation sites excluding steroid dienone is 3. The molecule has 1 aromatic carbocycles. The Morgan fingerprint density at radius 1 is 1.18 bits per heavy atom. The first-order chi connectivity index (χ1) is 13.6. The van der Waals surface area contributed by atoms with Crippen LogP contribution in [0.2, 0.25) is 0 Å². The van der Waals surface area contributed by atoms with Gasteiger partial charge in [0.2, 0.25) is 5.91 Å². The Morgan fingerprint density at radius 2 is 1.96 bits per heavy atom. The number of nitrogens with one attached hydrogen (secondary N) is 2. The van der Waals surface area contributed by atoms with Crippen LogP contribution in [0, 0.1) is 0 Å². The molecule has 0 bridgehead atoms. The highest BCUT2D eigenvalue weighted by Gasteiger charge is 2.23. The zero-order valence-electron chi connectivity index (χ0n) is 16.2. The van der Waals surface area contributed by atoms with Crippen LogP contribution in [0.25, 0.3) is 0 Å². The predicted octanol–water partition coefficient (Wildman–Crippen LogP) is 3.43. The summed E-state index contributed by atoms with van der Waals surface area (Å²) in [5, 5.41) is 5.33. The number of aldehydes is 1. The monoisotopic (exact) mass is 384 g/mol. The molecule has 2 N–H and O–H groups in total. The summed E-state index contributed by atoms with van der Waals surface area (Å²) >= 11 is 0. The topological polar surface area (TPSA) is 84.5 Å². The summed E-state index contributed by atoms with van der Waals surface area (Å²) in [4.78, 5) is 36.1. The Morgan fingerprint density at radius 3 is 2.61 bits per heavy atom. The van der Waals surface area contributed by atoms with Gasteiger partial charge in [0.05, 0.1) is 6.04 Å². The second-order valence-corrected chi connectivity index (χ2v) is 6.76. The van der Waals surface area contributed by atoms with Gasteiger partial charge in [-0.25, -0.2) is 4.79 Å². The third-order valence-electron chi connectivity index (χ3n) is 4.42. The van der Waals surface area contributed by atoms with Crippen LogP contribution >= 0.6 is 0 Å². The number of rotatable bonds is 10. The maximum atomic E-state index is 12.6. The van der Waals surface area contributed by atoms with Gasteiger partial charge in [-0.15, -0.1) is 0 Å². The van der Waals surface area contributed by atoms with E-state index in [9.17, 15) is 14.4 Å². The van der Waals surface area contributed by atoms with Gasteiger partial charge in [0.15, 0.2) is 0 Å². The maximum Gasteiger partial charge on any atom is 0.408 e. The molecule has 0 heterocycles. The Bertz CT molecular complexity index is 713. The van der Waals surface area contributed by atoms with E-state index < -0.39 is 18.2 Å². The highest BCUT2D eigenvalue weighted by molar-refractivity contribution is 5.87. The van der Waals surface area contributed by atoms with Gasteiger partial charge in [0, 0.05) is 0 Å². The third kappa shape index (κ3) is 7.39. The van der Waals surface area contributed by atoms with Crippen LogP contribution in [-0.2, 0) is 20.9 Å². The van der Waals surface area contributed by atoms with Crippen molar-refractivity contribution >= 4 is 18.3 Å². The molecule has 2 rings (SSSR count). The second-order valence-electron chi connectivity index (χ2n) is 6.76. The highest BCUT2D eigenvalue weighted by atomic mass is 16.5. The minimum atomic E-state index is -0.744. The molecule has 6 heteroatoms. The van der Waals surface area contributed by atoms with E-state index in [0.29, 0.717) is 19.3 Å². The second kappa shape index (κ2) is 11.7. The molecule has 1 aliphatic carbocycles. The van der Waals surface area contributed by atoms with Crippen molar-refractivity contribution in [2.75, 3.05) is 0 Å². The Balaban J connectivity index is 1.86. The Labute approximate surface area is 166 Å². The lowest BCUT2D eigenvalue weighted by atomic mass is 10.0. The van der Waals surface area contributed by atoms with E-state index >= 15 is 0 Å². The van der Waals surface area contributed by atoms with Gasteiger partial charge in [-0.2, -0.15) is 0 Å². The lowest BCUT2D eigenvalue weighted by Gasteiger charge is -2.21. The van der Waals surface area contributed by atoms with Crippen molar-refractivity contribution in [3.05, 3.63) is 59.7 Å². The summed E-state index contributed by atoms with van der Waals surface area (Å²) in [5.74, 6) is -0.379. The van der Waals surface area contributed by atoms with E-state index in [2.05, 4.69) is 22.8 Å². The van der Waals surface area contributed by atoms with Crippen LogP contribution in [0.1, 0.15) is 44.6 Å². The van der Waals surface area contributed by atoms with Crippen LogP contribution in [0.4, 0.5) is 4.79 Å². The van der Waals surface area contributed by atoms with Gasteiger partial charge in [-0.05, 0) is 36.8 Å². The number of benzene rings is 1.